The fourth-order valence-corrected chi connectivity index (χ4v) is 3.50. The normalized spacial score (nSPS) is 12.2. The van der Waals surface area contributed by atoms with Gasteiger partial charge < -0.3 is 4.74 Å². The second-order valence-corrected chi connectivity index (χ2v) is 7.43. The van der Waals surface area contributed by atoms with E-state index in [0.717, 1.165) is 11.6 Å². The summed E-state index contributed by atoms with van der Waals surface area (Å²) in [6, 6.07) is 9.34. The van der Waals surface area contributed by atoms with Crippen LogP contribution in [0.5, 0.6) is 5.75 Å². The van der Waals surface area contributed by atoms with Crippen LogP contribution in [0.2, 0.25) is 5.02 Å². The summed E-state index contributed by atoms with van der Waals surface area (Å²) in [6.07, 6.45) is -4.46. The SMILES string of the molecule is Cc1cccc(OCCCOS(=O)(=O)c2cc(C(F)(F)F)ccc2Cl)c1. The van der Waals surface area contributed by atoms with Crippen molar-refractivity contribution in [2.45, 2.75) is 24.4 Å². The Kier molecular flexibility index (Phi) is 6.54. The molecule has 2 aromatic carbocycles. The van der Waals surface area contributed by atoms with Crippen LogP contribution in [0.15, 0.2) is 47.4 Å². The summed E-state index contributed by atoms with van der Waals surface area (Å²) in [5.41, 5.74) is -0.104. The molecule has 0 N–H and O–H groups in total. The summed E-state index contributed by atoms with van der Waals surface area (Å²) in [5.74, 6) is 0.633. The zero-order valence-corrected chi connectivity index (χ0v) is 15.3. The van der Waals surface area contributed by atoms with Crippen molar-refractivity contribution < 1.29 is 30.5 Å². The van der Waals surface area contributed by atoms with Crippen LogP contribution in [0, 0.1) is 6.92 Å². The van der Waals surface area contributed by atoms with E-state index < -0.39 is 26.8 Å². The molecule has 26 heavy (non-hydrogen) atoms. The molecule has 0 spiro atoms. The largest absolute Gasteiger partial charge is 0.493 e. The molecule has 0 saturated heterocycles. The second-order valence-electron chi connectivity index (χ2n) is 5.44. The maximum absolute atomic E-state index is 12.7. The molecule has 0 atom stereocenters. The predicted octanol–water partition coefficient (Wildman–Crippen LogP) is 4.84. The van der Waals surface area contributed by atoms with Crippen LogP contribution in [-0.4, -0.2) is 21.6 Å². The monoisotopic (exact) mass is 408 g/mol. The molecule has 0 aliphatic carbocycles. The lowest BCUT2D eigenvalue weighted by Crippen LogP contribution is -2.12. The van der Waals surface area contributed by atoms with E-state index in [1.807, 2.05) is 25.1 Å². The molecule has 0 heterocycles. The van der Waals surface area contributed by atoms with Gasteiger partial charge in [0.1, 0.15) is 10.6 Å². The molecule has 4 nitrogen and oxygen atoms in total. The fraction of sp³-hybridized carbons (Fsp3) is 0.294. The number of hydrogen-bond donors (Lipinski definition) is 0. The average Bonchev–Trinajstić information content (AvgIpc) is 2.53. The highest BCUT2D eigenvalue weighted by Crippen LogP contribution is 2.33. The van der Waals surface area contributed by atoms with Gasteiger partial charge in [0.15, 0.2) is 0 Å². The Labute approximate surface area is 154 Å². The molecule has 0 radical (unpaired) electrons. The molecule has 9 heteroatoms. The summed E-state index contributed by atoms with van der Waals surface area (Å²) in [7, 11) is -4.41. The minimum absolute atomic E-state index is 0.190. The zero-order chi connectivity index (χ0) is 19.4. The van der Waals surface area contributed by atoms with Gasteiger partial charge in [0, 0.05) is 6.42 Å². The van der Waals surface area contributed by atoms with Crippen LogP contribution < -0.4 is 4.74 Å². The van der Waals surface area contributed by atoms with E-state index in [9.17, 15) is 21.6 Å². The van der Waals surface area contributed by atoms with Crippen molar-refractivity contribution >= 4 is 21.7 Å². The van der Waals surface area contributed by atoms with Crippen LogP contribution in [-0.2, 0) is 20.5 Å². The number of aryl methyl sites for hydroxylation is 1. The Morgan fingerprint density at radius 1 is 1.08 bits per heavy atom. The maximum Gasteiger partial charge on any atom is 0.416 e. The molecule has 142 valence electrons. The third-order valence-corrected chi connectivity index (χ3v) is 5.11. The van der Waals surface area contributed by atoms with Crippen molar-refractivity contribution in [3.8, 4) is 5.75 Å². The molecule has 0 aromatic heterocycles. The van der Waals surface area contributed by atoms with E-state index in [1.165, 1.54) is 0 Å². The Bertz CT molecular complexity index is 867. The topological polar surface area (TPSA) is 52.6 Å². The number of hydrogen-bond acceptors (Lipinski definition) is 4. The molecule has 2 rings (SSSR count). The first-order valence-electron chi connectivity index (χ1n) is 7.55. The van der Waals surface area contributed by atoms with Gasteiger partial charge in [-0.05, 0) is 42.8 Å². The third-order valence-electron chi connectivity index (χ3n) is 3.31. The Morgan fingerprint density at radius 3 is 2.46 bits per heavy atom. The first kappa shape index (κ1) is 20.5. The highest BCUT2D eigenvalue weighted by Gasteiger charge is 2.33. The van der Waals surface area contributed by atoms with E-state index in [2.05, 4.69) is 0 Å². The predicted molar refractivity (Wildman–Crippen MR) is 90.9 cm³/mol. The van der Waals surface area contributed by atoms with Crippen molar-refractivity contribution in [2.75, 3.05) is 13.2 Å². The first-order chi connectivity index (χ1) is 12.1. The van der Waals surface area contributed by atoms with Crippen molar-refractivity contribution in [3.63, 3.8) is 0 Å². The molecule has 0 fully saturated rings. The van der Waals surface area contributed by atoms with Crippen LogP contribution in [0.4, 0.5) is 13.2 Å². The number of benzene rings is 2. The van der Waals surface area contributed by atoms with E-state index in [1.54, 1.807) is 6.07 Å². The number of halogens is 4. The minimum atomic E-state index is -4.68. The van der Waals surface area contributed by atoms with Gasteiger partial charge in [-0.25, -0.2) is 0 Å². The van der Waals surface area contributed by atoms with E-state index in [4.69, 9.17) is 20.5 Å². The lowest BCUT2D eigenvalue weighted by atomic mass is 10.2. The Hall–Kier alpha value is -1.77. The molecule has 0 bridgehead atoms. The van der Waals surface area contributed by atoms with Crippen LogP contribution in [0.25, 0.3) is 0 Å². The quantitative estimate of drug-likeness (QED) is 0.486. The van der Waals surface area contributed by atoms with E-state index in [0.29, 0.717) is 17.9 Å². The first-order valence-corrected chi connectivity index (χ1v) is 9.34. The lowest BCUT2D eigenvalue weighted by Gasteiger charge is -2.11. The average molecular weight is 409 g/mol. The van der Waals surface area contributed by atoms with Crippen LogP contribution >= 0.6 is 11.6 Å². The van der Waals surface area contributed by atoms with Crippen LogP contribution in [0.1, 0.15) is 17.5 Å². The molecule has 2 aromatic rings. The van der Waals surface area contributed by atoms with Crippen molar-refractivity contribution in [2.24, 2.45) is 0 Å². The highest BCUT2D eigenvalue weighted by atomic mass is 35.5. The summed E-state index contributed by atoms with van der Waals surface area (Å²) >= 11 is 5.71. The zero-order valence-electron chi connectivity index (χ0n) is 13.7. The molecule has 0 aliphatic rings. The number of alkyl halides is 3. The molecular weight excluding hydrogens is 393 g/mol. The van der Waals surface area contributed by atoms with Gasteiger partial charge in [0.2, 0.25) is 0 Å². The molecule has 0 saturated carbocycles. The van der Waals surface area contributed by atoms with Crippen molar-refractivity contribution in [1.82, 2.24) is 0 Å². The molecular formula is C17H16ClF3O4S. The van der Waals surface area contributed by atoms with E-state index >= 15 is 0 Å². The summed E-state index contributed by atoms with van der Waals surface area (Å²) in [4.78, 5) is -0.714. The Morgan fingerprint density at radius 2 is 1.81 bits per heavy atom. The summed E-state index contributed by atoms with van der Waals surface area (Å²) < 4.78 is 72.6. The summed E-state index contributed by atoms with van der Waals surface area (Å²) in [5, 5.41) is -0.339. The lowest BCUT2D eigenvalue weighted by molar-refractivity contribution is -0.137. The second kappa shape index (κ2) is 8.28. The number of ether oxygens (including phenoxy) is 1. The van der Waals surface area contributed by atoms with Crippen molar-refractivity contribution in [3.05, 3.63) is 58.6 Å². The van der Waals surface area contributed by atoms with Gasteiger partial charge in [-0.15, -0.1) is 0 Å². The maximum atomic E-state index is 12.7. The summed E-state index contributed by atoms with van der Waals surface area (Å²) in [6.45, 7) is 1.84. The Balaban J connectivity index is 1.94. The fourth-order valence-electron chi connectivity index (χ4n) is 2.06. The van der Waals surface area contributed by atoms with Gasteiger partial charge in [-0.3, -0.25) is 4.18 Å². The van der Waals surface area contributed by atoms with Crippen molar-refractivity contribution in [1.29, 1.82) is 0 Å². The van der Waals surface area contributed by atoms with Gasteiger partial charge in [-0.2, -0.15) is 21.6 Å². The smallest absolute Gasteiger partial charge is 0.416 e. The van der Waals surface area contributed by atoms with Gasteiger partial charge >= 0.3 is 6.18 Å². The highest BCUT2D eigenvalue weighted by molar-refractivity contribution is 7.86. The van der Waals surface area contributed by atoms with E-state index in [-0.39, 0.29) is 24.7 Å². The third kappa shape index (κ3) is 5.62. The number of rotatable bonds is 7. The molecule has 0 amide bonds. The van der Waals surface area contributed by atoms with Crippen LogP contribution in [0.3, 0.4) is 0 Å². The van der Waals surface area contributed by atoms with Gasteiger partial charge in [0.05, 0.1) is 23.8 Å². The molecule has 0 unspecified atom stereocenters. The van der Waals surface area contributed by atoms with Gasteiger partial charge in [-0.1, -0.05) is 23.7 Å². The minimum Gasteiger partial charge on any atom is -0.493 e. The van der Waals surface area contributed by atoms with Gasteiger partial charge in [0.25, 0.3) is 10.1 Å². The molecule has 0 aliphatic heterocycles. The standard InChI is InChI=1S/C17H16ClF3O4S/c1-12-4-2-5-14(10-12)24-8-3-9-25-26(22,23)16-11-13(17(19,20)21)6-7-15(16)18/h2,4-7,10-11H,3,8-9H2,1H3.